The first kappa shape index (κ1) is 13.7. The second-order valence-electron chi connectivity index (χ2n) is 5.64. The van der Waals surface area contributed by atoms with E-state index >= 15 is 0 Å². The number of anilines is 1. The highest BCUT2D eigenvalue weighted by Gasteiger charge is 2.28. The molecule has 0 atom stereocenters. The molecule has 0 radical (unpaired) electrons. The highest BCUT2D eigenvalue weighted by Crippen LogP contribution is 2.30. The molecule has 104 valence electrons. The summed E-state index contributed by atoms with van der Waals surface area (Å²) < 4.78 is 0. The number of piperidine rings is 1. The summed E-state index contributed by atoms with van der Waals surface area (Å²) in [5.74, 6) is 0.131. The fraction of sp³-hybridized carbons (Fsp3) is 0.615. The number of hydrogen-bond donors (Lipinski definition) is 2. The predicted molar refractivity (Wildman–Crippen MR) is 73.9 cm³/mol. The van der Waals surface area contributed by atoms with Crippen LogP contribution < -0.4 is 11.1 Å². The Hall–Kier alpha value is -1.69. The highest BCUT2D eigenvalue weighted by atomic mass is 16.1. The van der Waals surface area contributed by atoms with Crippen molar-refractivity contribution in [3.05, 3.63) is 17.8 Å². The Kier molecular flexibility index (Phi) is 3.99. The Balaban J connectivity index is 1.89. The minimum absolute atomic E-state index is 0.191. The molecule has 0 spiro atoms. The molecule has 1 aliphatic rings. The number of aromatic nitrogens is 2. The maximum absolute atomic E-state index is 10.9. The SMILES string of the molecule is CN1CCC(C)(CNc2ccc(C(N)=O)nn2)CC1. The van der Waals surface area contributed by atoms with Crippen LogP contribution in [0.5, 0.6) is 0 Å². The van der Waals surface area contributed by atoms with E-state index in [-0.39, 0.29) is 11.1 Å². The van der Waals surface area contributed by atoms with Crippen LogP contribution in [0.15, 0.2) is 12.1 Å². The fourth-order valence-corrected chi connectivity index (χ4v) is 2.20. The van der Waals surface area contributed by atoms with Crippen LogP contribution in [0.2, 0.25) is 0 Å². The number of primary amides is 1. The van der Waals surface area contributed by atoms with Crippen molar-refractivity contribution in [2.45, 2.75) is 19.8 Å². The molecule has 1 aliphatic heterocycles. The van der Waals surface area contributed by atoms with Crippen molar-refractivity contribution < 1.29 is 4.79 Å². The smallest absolute Gasteiger partial charge is 0.269 e. The van der Waals surface area contributed by atoms with E-state index in [1.807, 2.05) is 0 Å². The van der Waals surface area contributed by atoms with Gasteiger partial charge in [0.1, 0.15) is 5.82 Å². The van der Waals surface area contributed by atoms with Gasteiger partial charge in [0.05, 0.1) is 0 Å². The van der Waals surface area contributed by atoms with Gasteiger partial charge < -0.3 is 16.0 Å². The molecule has 19 heavy (non-hydrogen) atoms. The minimum Gasteiger partial charge on any atom is -0.368 e. The summed E-state index contributed by atoms with van der Waals surface area (Å²) in [6.07, 6.45) is 2.34. The molecular weight excluding hydrogens is 242 g/mol. The van der Waals surface area contributed by atoms with Gasteiger partial charge in [-0.1, -0.05) is 6.92 Å². The lowest BCUT2D eigenvalue weighted by molar-refractivity contribution is 0.0994. The van der Waals surface area contributed by atoms with Crippen molar-refractivity contribution in [1.29, 1.82) is 0 Å². The van der Waals surface area contributed by atoms with Gasteiger partial charge in [0.15, 0.2) is 5.69 Å². The number of likely N-dealkylation sites (tertiary alicyclic amines) is 1. The summed E-state index contributed by atoms with van der Waals surface area (Å²) in [7, 11) is 2.15. The molecule has 0 aromatic carbocycles. The number of rotatable bonds is 4. The van der Waals surface area contributed by atoms with E-state index < -0.39 is 5.91 Å². The van der Waals surface area contributed by atoms with Gasteiger partial charge in [-0.25, -0.2) is 0 Å². The number of carbonyl (C=O) groups excluding carboxylic acids is 1. The Labute approximate surface area is 113 Å². The van der Waals surface area contributed by atoms with Crippen LogP contribution in [0.3, 0.4) is 0 Å². The van der Waals surface area contributed by atoms with Crippen molar-refractivity contribution in [3.63, 3.8) is 0 Å². The van der Waals surface area contributed by atoms with E-state index in [1.165, 1.54) is 12.8 Å². The maximum atomic E-state index is 10.9. The quantitative estimate of drug-likeness (QED) is 0.836. The number of nitrogens with two attached hydrogens (primary N) is 1. The van der Waals surface area contributed by atoms with Crippen LogP contribution in [0.4, 0.5) is 5.82 Å². The molecule has 0 unspecified atom stereocenters. The second-order valence-corrected chi connectivity index (χ2v) is 5.64. The number of nitrogens with zero attached hydrogens (tertiary/aromatic N) is 3. The molecule has 1 fully saturated rings. The molecule has 1 saturated heterocycles. The molecule has 2 heterocycles. The van der Waals surface area contributed by atoms with Crippen LogP contribution in [0.1, 0.15) is 30.3 Å². The van der Waals surface area contributed by atoms with Crippen molar-refractivity contribution in [2.24, 2.45) is 11.1 Å². The van der Waals surface area contributed by atoms with Crippen molar-refractivity contribution in [1.82, 2.24) is 15.1 Å². The average Bonchev–Trinajstić information content (AvgIpc) is 2.41. The standard InChI is InChI=1S/C13H21N5O/c1-13(5-7-18(2)8-6-13)9-15-11-4-3-10(12(14)19)16-17-11/h3-4H,5-9H2,1-2H3,(H2,14,19)(H,15,17). The number of amides is 1. The zero-order chi connectivity index (χ0) is 13.9. The van der Waals surface area contributed by atoms with E-state index in [0.29, 0.717) is 5.82 Å². The molecule has 0 saturated carbocycles. The first-order valence-electron chi connectivity index (χ1n) is 6.54. The lowest BCUT2D eigenvalue weighted by atomic mass is 9.80. The Morgan fingerprint density at radius 2 is 2.11 bits per heavy atom. The van der Waals surface area contributed by atoms with E-state index in [1.54, 1.807) is 12.1 Å². The summed E-state index contributed by atoms with van der Waals surface area (Å²) in [4.78, 5) is 13.2. The first-order chi connectivity index (χ1) is 8.98. The monoisotopic (exact) mass is 263 g/mol. The molecule has 1 aromatic rings. The molecular formula is C13H21N5O. The summed E-state index contributed by atoms with van der Waals surface area (Å²) in [5, 5.41) is 11.0. The molecule has 6 heteroatoms. The largest absolute Gasteiger partial charge is 0.368 e. The van der Waals surface area contributed by atoms with Gasteiger partial charge in [-0.3, -0.25) is 4.79 Å². The normalized spacial score (nSPS) is 19.1. The predicted octanol–water partition coefficient (Wildman–Crippen LogP) is 0.719. The summed E-state index contributed by atoms with van der Waals surface area (Å²) in [6.45, 7) is 5.42. The van der Waals surface area contributed by atoms with Gasteiger partial charge in [0.2, 0.25) is 0 Å². The molecule has 0 aliphatic carbocycles. The summed E-state index contributed by atoms with van der Waals surface area (Å²) in [6, 6.07) is 3.33. The van der Waals surface area contributed by atoms with Crippen LogP contribution in [0, 0.1) is 5.41 Å². The van der Waals surface area contributed by atoms with Gasteiger partial charge in [-0.05, 0) is 50.5 Å². The highest BCUT2D eigenvalue weighted by molar-refractivity contribution is 5.90. The van der Waals surface area contributed by atoms with Crippen molar-refractivity contribution >= 4 is 11.7 Å². The average molecular weight is 263 g/mol. The van der Waals surface area contributed by atoms with Crippen molar-refractivity contribution in [3.8, 4) is 0 Å². The van der Waals surface area contributed by atoms with Crippen LogP contribution >= 0.6 is 0 Å². The maximum Gasteiger partial charge on any atom is 0.269 e. The Bertz CT molecular complexity index is 437. The van der Waals surface area contributed by atoms with Crippen LogP contribution in [0.25, 0.3) is 0 Å². The molecule has 6 nitrogen and oxygen atoms in total. The van der Waals surface area contributed by atoms with E-state index in [0.717, 1.165) is 19.6 Å². The van der Waals surface area contributed by atoms with Crippen LogP contribution in [-0.2, 0) is 0 Å². The van der Waals surface area contributed by atoms with Gasteiger partial charge in [-0.2, -0.15) is 0 Å². The summed E-state index contributed by atoms with van der Waals surface area (Å²) >= 11 is 0. The first-order valence-corrected chi connectivity index (χ1v) is 6.54. The van der Waals surface area contributed by atoms with E-state index in [4.69, 9.17) is 5.73 Å². The van der Waals surface area contributed by atoms with E-state index in [2.05, 4.69) is 34.4 Å². The van der Waals surface area contributed by atoms with Gasteiger partial charge in [0, 0.05) is 6.54 Å². The van der Waals surface area contributed by atoms with Gasteiger partial charge in [0.25, 0.3) is 5.91 Å². The minimum atomic E-state index is -0.554. The Morgan fingerprint density at radius 3 is 2.63 bits per heavy atom. The van der Waals surface area contributed by atoms with Gasteiger partial charge >= 0.3 is 0 Å². The third-order valence-electron chi connectivity index (χ3n) is 3.81. The van der Waals surface area contributed by atoms with Gasteiger partial charge in [-0.15, -0.1) is 10.2 Å². The van der Waals surface area contributed by atoms with E-state index in [9.17, 15) is 4.79 Å². The Morgan fingerprint density at radius 1 is 1.42 bits per heavy atom. The third-order valence-corrected chi connectivity index (χ3v) is 3.81. The lowest BCUT2D eigenvalue weighted by Gasteiger charge is -2.38. The molecule has 1 amide bonds. The summed E-state index contributed by atoms with van der Waals surface area (Å²) in [5.41, 5.74) is 5.60. The number of nitrogens with one attached hydrogen (secondary N) is 1. The van der Waals surface area contributed by atoms with Crippen molar-refractivity contribution in [2.75, 3.05) is 32.0 Å². The molecule has 0 bridgehead atoms. The molecule has 2 rings (SSSR count). The zero-order valence-corrected chi connectivity index (χ0v) is 11.5. The molecule has 1 aromatic heterocycles. The number of carbonyl (C=O) groups is 1. The fourth-order valence-electron chi connectivity index (χ4n) is 2.20. The van der Waals surface area contributed by atoms with Crippen LogP contribution in [-0.4, -0.2) is 47.7 Å². The lowest BCUT2D eigenvalue weighted by Crippen LogP contribution is -2.40. The molecule has 3 N–H and O–H groups in total. The zero-order valence-electron chi connectivity index (χ0n) is 11.5. The number of hydrogen-bond acceptors (Lipinski definition) is 5. The second kappa shape index (κ2) is 5.52. The topological polar surface area (TPSA) is 84.1 Å². The third kappa shape index (κ3) is 3.64.